The van der Waals surface area contributed by atoms with Gasteiger partial charge in [-0.1, -0.05) is 13.8 Å². The number of methoxy groups -OCH3 is 1. The summed E-state index contributed by atoms with van der Waals surface area (Å²) in [6.07, 6.45) is 5.25. The van der Waals surface area contributed by atoms with Crippen molar-refractivity contribution in [2.45, 2.75) is 33.2 Å². The van der Waals surface area contributed by atoms with Crippen LogP contribution in [0.5, 0.6) is 11.6 Å². The van der Waals surface area contributed by atoms with Gasteiger partial charge in [-0.3, -0.25) is 9.67 Å². The van der Waals surface area contributed by atoms with Gasteiger partial charge in [-0.25, -0.2) is 9.97 Å². The Labute approximate surface area is 187 Å². The lowest BCUT2D eigenvalue weighted by Gasteiger charge is -2.14. The van der Waals surface area contributed by atoms with Crippen molar-refractivity contribution in [3.63, 3.8) is 0 Å². The predicted molar refractivity (Wildman–Crippen MR) is 125 cm³/mol. The number of aromatic nitrogens is 5. The van der Waals surface area contributed by atoms with Crippen LogP contribution in [0.2, 0.25) is 0 Å². The van der Waals surface area contributed by atoms with E-state index >= 15 is 0 Å². The van der Waals surface area contributed by atoms with Crippen LogP contribution in [0.4, 0.5) is 5.69 Å². The Morgan fingerprint density at radius 1 is 1.19 bits per heavy atom. The fourth-order valence-electron chi connectivity index (χ4n) is 3.67. The molecule has 0 spiro atoms. The lowest BCUT2D eigenvalue weighted by atomic mass is 10.0. The van der Waals surface area contributed by atoms with Crippen LogP contribution in [-0.2, 0) is 13.6 Å². The predicted octanol–water partition coefficient (Wildman–Crippen LogP) is 4.57. The summed E-state index contributed by atoms with van der Waals surface area (Å²) >= 11 is 0. The van der Waals surface area contributed by atoms with E-state index in [2.05, 4.69) is 29.1 Å². The van der Waals surface area contributed by atoms with E-state index in [1.54, 1.807) is 19.5 Å². The summed E-state index contributed by atoms with van der Waals surface area (Å²) < 4.78 is 12.9. The Kier molecular flexibility index (Phi) is 6.20. The van der Waals surface area contributed by atoms with E-state index in [-0.39, 0.29) is 5.92 Å². The molecule has 0 saturated heterocycles. The van der Waals surface area contributed by atoms with Crippen molar-refractivity contribution in [3.8, 4) is 22.9 Å². The number of pyridine rings is 3. The molecule has 0 aliphatic carbocycles. The lowest BCUT2D eigenvalue weighted by Crippen LogP contribution is -2.04. The van der Waals surface area contributed by atoms with Crippen molar-refractivity contribution >= 4 is 16.7 Å². The van der Waals surface area contributed by atoms with Crippen molar-refractivity contribution in [1.29, 1.82) is 0 Å². The molecule has 0 saturated carbocycles. The minimum atomic E-state index is 0.253. The average molecular weight is 433 g/mol. The molecular weight excluding hydrogens is 404 g/mol. The standard InChI is InChI=1S/C24H28N6O2/c1-6-32-24-18(8-7-9-26-24)19-11-20(27-13-16-10-17(31-5)14-25-12-16)21-22(15(2)3)29-30(4)23(21)28-19/h7-12,14-15H,6,13H2,1-5H3,(H,27,28). The Hall–Kier alpha value is -3.68. The smallest absolute Gasteiger partial charge is 0.222 e. The molecule has 166 valence electrons. The van der Waals surface area contributed by atoms with Gasteiger partial charge in [0.05, 0.1) is 42.3 Å². The third kappa shape index (κ3) is 4.21. The molecule has 0 aliphatic rings. The van der Waals surface area contributed by atoms with Crippen LogP contribution < -0.4 is 14.8 Å². The fourth-order valence-corrected chi connectivity index (χ4v) is 3.67. The van der Waals surface area contributed by atoms with Gasteiger partial charge in [-0.15, -0.1) is 0 Å². The van der Waals surface area contributed by atoms with Gasteiger partial charge < -0.3 is 14.8 Å². The van der Waals surface area contributed by atoms with Crippen LogP contribution in [0.3, 0.4) is 0 Å². The first-order valence-electron chi connectivity index (χ1n) is 10.7. The van der Waals surface area contributed by atoms with Gasteiger partial charge in [0.2, 0.25) is 5.88 Å². The van der Waals surface area contributed by atoms with Crippen LogP contribution in [0, 0.1) is 0 Å². The Balaban J connectivity index is 1.83. The molecule has 0 radical (unpaired) electrons. The monoisotopic (exact) mass is 432 g/mol. The number of aryl methyl sites for hydroxylation is 1. The fraction of sp³-hybridized carbons (Fsp3) is 0.333. The van der Waals surface area contributed by atoms with Crippen LogP contribution in [-0.4, -0.2) is 38.4 Å². The van der Waals surface area contributed by atoms with Gasteiger partial charge in [-0.2, -0.15) is 5.10 Å². The number of hydrogen-bond donors (Lipinski definition) is 1. The van der Waals surface area contributed by atoms with Crippen molar-refractivity contribution in [1.82, 2.24) is 24.7 Å². The molecule has 0 unspecified atom stereocenters. The summed E-state index contributed by atoms with van der Waals surface area (Å²) in [4.78, 5) is 13.6. The lowest BCUT2D eigenvalue weighted by molar-refractivity contribution is 0.328. The van der Waals surface area contributed by atoms with E-state index < -0.39 is 0 Å². The average Bonchev–Trinajstić information content (AvgIpc) is 3.15. The summed E-state index contributed by atoms with van der Waals surface area (Å²) in [5.41, 5.74) is 5.40. The van der Waals surface area contributed by atoms with E-state index in [1.807, 2.05) is 49.1 Å². The summed E-state index contributed by atoms with van der Waals surface area (Å²) in [5, 5.41) is 9.35. The second-order valence-electron chi connectivity index (χ2n) is 7.79. The minimum Gasteiger partial charge on any atom is -0.495 e. The van der Waals surface area contributed by atoms with E-state index in [0.29, 0.717) is 19.0 Å². The molecule has 0 aliphatic heterocycles. The SMILES string of the molecule is CCOc1ncccc1-c1cc(NCc2cncc(OC)c2)c2c(C(C)C)nn(C)c2n1. The zero-order valence-corrected chi connectivity index (χ0v) is 19.1. The number of fused-ring (bicyclic) bond motifs is 1. The number of ether oxygens (including phenoxy) is 2. The van der Waals surface area contributed by atoms with Gasteiger partial charge >= 0.3 is 0 Å². The third-order valence-electron chi connectivity index (χ3n) is 5.18. The van der Waals surface area contributed by atoms with Crippen molar-refractivity contribution < 1.29 is 9.47 Å². The van der Waals surface area contributed by atoms with Gasteiger partial charge in [0.15, 0.2) is 5.65 Å². The van der Waals surface area contributed by atoms with Crippen LogP contribution in [0.1, 0.15) is 37.9 Å². The molecule has 4 heterocycles. The first kappa shape index (κ1) is 21.5. The molecule has 1 N–H and O–H groups in total. The molecular formula is C24H28N6O2. The quantitative estimate of drug-likeness (QED) is 0.436. The minimum absolute atomic E-state index is 0.253. The second kappa shape index (κ2) is 9.21. The highest BCUT2D eigenvalue weighted by molar-refractivity contribution is 5.94. The molecule has 0 fully saturated rings. The Bertz CT molecular complexity index is 1230. The molecule has 0 atom stereocenters. The number of nitrogens with one attached hydrogen (secondary N) is 1. The Morgan fingerprint density at radius 2 is 2.03 bits per heavy atom. The van der Waals surface area contributed by atoms with Gasteiger partial charge in [-0.05, 0) is 42.7 Å². The number of hydrogen-bond acceptors (Lipinski definition) is 7. The van der Waals surface area contributed by atoms with Crippen LogP contribution >= 0.6 is 0 Å². The number of anilines is 1. The molecule has 4 aromatic heterocycles. The first-order chi connectivity index (χ1) is 15.5. The highest BCUT2D eigenvalue weighted by Crippen LogP contribution is 2.35. The number of nitrogens with zero attached hydrogens (tertiary/aromatic N) is 5. The summed E-state index contributed by atoms with van der Waals surface area (Å²) in [5.74, 6) is 1.55. The zero-order valence-electron chi connectivity index (χ0n) is 19.1. The summed E-state index contributed by atoms with van der Waals surface area (Å²) in [7, 11) is 3.56. The van der Waals surface area contributed by atoms with E-state index in [9.17, 15) is 0 Å². The first-order valence-corrected chi connectivity index (χ1v) is 10.7. The van der Waals surface area contributed by atoms with Gasteiger partial charge in [0.1, 0.15) is 5.75 Å². The third-order valence-corrected chi connectivity index (χ3v) is 5.18. The molecule has 8 nitrogen and oxygen atoms in total. The van der Waals surface area contributed by atoms with Crippen molar-refractivity contribution in [3.05, 3.63) is 54.1 Å². The highest BCUT2D eigenvalue weighted by Gasteiger charge is 2.20. The summed E-state index contributed by atoms with van der Waals surface area (Å²) in [6, 6.07) is 7.88. The van der Waals surface area contributed by atoms with Gasteiger partial charge in [0, 0.05) is 31.7 Å². The molecule has 4 aromatic rings. The normalized spacial score (nSPS) is 11.2. The van der Waals surface area contributed by atoms with E-state index in [4.69, 9.17) is 19.6 Å². The molecule has 32 heavy (non-hydrogen) atoms. The largest absolute Gasteiger partial charge is 0.495 e. The highest BCUT2D eigenvalue weighted by atomic mass is 16.5. The molecule has 0 amide bonds. The van der Waals surface area contributed by atoms with E-state index in [0.717, 1.165) is 45.0 Å². The van der Waals surface area contributed by atoms with E-state index in [1.165, 1.54) is 0 Å². The maximum Gasteiger partial charge on any atom is 0.222 e. The molecule has 4 rings (SSSR count). The number of rotatable bonds is 8. The maximum absolute atomic E-state index is 5.76. The molecule has 8 heteroatoms. The zero-order chi connectivity index (χ0) is 22.7. The van der Waals surface area contributed by atoms with Crippen LogP contribution in [0.25, 0.3) is 22.3 Å². The molecule has 0 aromatic carbocycles. The van der Waals surface area contributed by atoms with Crippen molar-refractivity contribution in [2.75, 3.05) is 19.0 Å². The molecule has 0 bridgehead atoms. The topological polar surface area (TPSA) is 87.0 Å². The summed E-state index contributed by atoms with van der Waals surface area (Å²) in [6.45, 7) is 7.34. The Morgan fingerprint density at radius 3 is 2.78 bits per heavy atom. The maximum atomic E-state index is 5.76. The van der Waals surface area contributed by atoms with Crippen molar-refractivity contribution in [2.24, 2.45) is 7.05 Å². The second-order valence-corrected chi connectivity index (χ2v) is 7.79. The van der Waals surface area contributed by atoms with Gasteiger partial charge in [0.25, 0.3) is 0 Å². The van der Waals surface area contributed by atoms with Crippen LogP contribution in [0.15, 0.2) is 42.9 Å².